The summed E-state index contributed by atoms with van der Waals surface area (Å²) in [7, 11) is -0.408. The van der Waals surface area contributed by atoms with E-state index in [9.17, 15) is 17.6 Å². The molecule has 0 bridgehead atoms. The summed E-state index contributed by atoms with van der Waals surface area (Å²) in [5, 5.41) is 5.41. The Hall–Kier alpha value is -2.04. The summed E-state index contributed by atoms with van der Waals surface area (Å²) >= 11 is 0. The van der Waals surface area contributed by atoms with Crippen LogP contribution in [0.2, 0.25) is 0 Å². The van der Waals surface area contributed by atoms with Crippen molar-refractivity contribution in [3.63, 3.8) is 0 Å². The van der Waals surface area contributed by atoms with Gasteiger partial charge >= 0.3 is 0 Å². The zero-order valence-corrected chi connectivity index (χ0v) is 16.3. The SMILES string of the molecule is CNC/C(=C/F)COc1ccc(S(=O)(=O)N2CCC(C(=O)NC)CC2)cn1. The molecule has 0 radical (unpaired) electrons. The van der Waals surface area contributed by atoms with Crippen LogP contribution in [-0.4, -0.2) is 64.0 Å². The molecule has 2 N–H and O–H groups in total. The number of carbonyl (C=O) groups excluding carboxylic acids is 1. The van der Waals surface area contributed by atoms with Gasteiger partial charge < -0.3 is 15.4 Å². The molecular formula is C17H25FN4O4S. The molecule has 2 heterocycles. The number of aromatic nitrogens is 1. The van der Waals surface area contributed by atoms with Crippen LogP contribution < -0.4 is 15.4 Å². The van der Waals surface area contributed by atoms with Crippen molar-refractivity contribution >= 4 is 15.9 Å². The van der Waals surface area contributed by atoms with Gasteiger partial charge in [0.05, 0.1) is 12.5 Å². The zero-order valence-electron chi connectivity index (χ0n) is 15.4. The van der Waals surface area contributed by atoms with Gasteiger partial charge in [0.1, 0.15) is 11.5 Å². The van der Waals surface area contributed by atoms with E-state index < -0.39 is 10.0 Å². The first kappa shape index (κ1) is 21.3. The van der Waals surface area contributed by atoms with Crippen molar-refractivity contribution in [1.82, 2.24) is 19.9 Å². The van der Waals surface area contributed by atoms with Crippen LogP contribution in [-0.2, 0) is 14.8 Å². The molecule has 27 heavy (non-hydrogen) atoms. The zero-order chi connectivity index (χ0) is 19.9. The van der Waals surface area contributed by atoms with Gasteiger partial charge in [-0.2, -0.15) is 4.31 Å². The average molecular weight is 400 g/mol. The molecule has 1 fully saturated rings. The maximum absolute atomic E-state index is 12.7. The second kappa shape index (κ2) is 9.77. The summed E-state index contributed by atoms with van der Waals surface area (Å²) in [4.78, 5) is 15.7. The first-order valence-electron chi connectivity index (χ1n) is 8.65. The molecule has 0 saturated carbocycles. The number of hydrogen-bond acceptors (Lipinski definition) is 6. The minimum Gasteiger partial charge on any atom is -0.473 e. The van der Waals surface area contributed by atoms with Gasteiger partial charge in [0.15, 0.2) is 0 Å². The van der Waals surface area contributed by atoms with E-state index in [2.05, 4.69) is 15.6 Å². The number of nitrogens with one attached hydrogen (secondary N) is 2. The highest BCUT2D eigenvalue weighted by Gasteiger charge is 2.31. The lowest BCUT2D eigenvalue weighted by Gasteiger charge is -2.30. The number of rotatable bonds is 8. The predicted molar refractivity (Wildman–Crippen MR) is 98.4 cm³/mol. The lowest BCUT2D eigenvalue weighted by molar-refractivity contribution is -0.125. The van der Waals surface area contributed by atoms with Gasteiger partial charge in [-0.3, -0.25) is 4.79 Å². The molecule has 1 saturated heterocycles. The van der Waals surface area contributed by atoms with Crippen LogP contribution in [0.3, 0.4) is 0 Å². The van der Waals surface area contributed by atoms with Crippen LogP contribution in [0.1, 0.15) is 12.8 Å². The highest BCUT2D eigenvalue weighted by Crippen LogP contribution is 2.24. The van der Waals surface area contributed by atoms with Crippen molar-refractivity contribution in [3.05, 3.63) is 30.2 Å². The van der Waals surface area contributed by atoms with E-state index in [4.69, 9.17) is 4.74 Å². The largest absolute Gasteiger partial charge is 0.473 e. The molecule has 1 aliphatic heterocycles. The number of hydrogen-bond donors (Lipinski definition) is 2. The van der Waals surface area contributed by atoms with Crippen LogP contribution >= 0.6 is 0 Å². The number of ether oxygens (including phenoxy) is 1. The topological polar surface area (TPSA) is 101 Å². The van der Waals surface area contributed by atoms with Gasteiger partial charge in [0.2, 0.25) is 21.8 Å². The Kier molecular flexibility index (Phi) is 7.69. The van der Waals surface area contributed by atoms with E-state index in [1.54, 1.807) is 14.1 Å². The maximum atomic E-state index is 12.7. The van der Waals surface area contributed by atoms with Crippen molar-refractivity contribution in [2.24, 2.45) is 5.92 Å². The molecule has 0 spiro atoms. The molecule has 1 aromatic heterocycles. The number of amides is 1. The monoisotopic (exact) mass is 400 g/mol. The van der Waals surface area contributed by atoms with Crippen molar-refractivity contribution in [1.29, 1.82) is 0 Å². The van der Waals surface area contributed by atoms with Gasteiger partial charge in [-0.1, -0.05) is 0 Å². The fraction of sp³-hybridized carbons (Fsp3) is 0.529. The van der Waals surface area contributed by atoms with E-state index in [0.29, 0.717) is 31.3 Å². The Morgan fingerprint density at radius 2 is 2.07 bits per heavy atom. The lowest BCUT2D eigenvalue weighted by atomic mass is 9.97. The van der Waals surface area contributed by atoms with Gasteiger partial charge in [-0.05, 0) is 26.0 Å². The molecule has 0 aliphatic carbocycles. The molecule has 1 amide bonds. The Bertz CT molecular complexity index is 760. The molecule has 1 aliphatic rings. The highest BCUT2D eigenvalue weighted by molar-refractivity contribution is 7.89. The van der Waals surface area contributed by atoms with Gasteiger partial charge in [-0.25, -0.2) is 17.8 Å². The lowest BCUT2D eigenvalue weighted by Crippen LogP contribution is -2.42. The Morgan fingerprint density at radius 3 is 2.59 bits per heavy atom. The summed E-state index contributed by atoms with van der Waals surface area (Å²) in [6, 6.07) is 2.86. The van der Waals surface area contributed by atoms with Crippen molar-refractivity contribution in [2.45, 2.75) is 17.7 Å². The van der Waals surface area contributed by atoms with Crippen LogP contribution in [0.15, 0.2) is 35.1 Å². The molecule has 0 atom stereocenters. The molecule has 0 unspecified atom stereocenters. The Balaban J connectivity index is 1.98. The maximum Gasteiger partial charge on any atom is 0.244 e. The van der Waals surface area contributed by atoms with Crippen molar-refractivity contribution < 1.29 is 22.3 Å². The minimum atomic E-state index is -3.68. The number of carbonyl (C=O) groups is 1. The number of piperidine rings is 1. The normalized spacial score (nSPS) is 16.9. The van der Waals surface area contributed by atoms with Crippen LogP contribution in [0.5, 0.6) is 5.88 Å². The fourth-order valence-corrected chi connectivity index (χ4v) is 4.25. The third-order valence-corrected chi connectivity index (χ3v) is 6.26. The number of sulfonamides is 1. The third kappa shape index (κ3) is 5.47. The summed E-state index contributed by atoms with van der Waals surface area (Å²) in [6.45, 7) is 0.930. The molecule has 10 heteroatoms. The van der Waals surface area contributed by atoms with Crippen LogP contribution in [0, 0.1) is 5.92 Å². The minimum absolute atomic E-state index is 0.0173. The quantitative estimate of drug-likeness (QED) is 0.666. The van der Waals surface area contributed by atoms with Crippen LogP contribution in [0.4, 0.5) is 4.39 Å². The summed E-state index contributed by atoms with van der Waals surface area (Å²) in [6.07, 6.45) is 2.67. The van der Waals surface area contributed by atoms with E-state index in [1.165, 1.54) is 22.6 Å². The van der Waals surface area contributed by atoms with Gasteiger partial charge in [-0.15, -0.1) is 0 Å². The van der Waals surface area contributed by atoms with E-state index in [-0.39, 0.29) is 42.3 Å². The second-order valence-electron chi connectivity index (χ2n) is 6.21. The number of nitrogens with zero attached hydrogens (tertiary/aromatic N) is 2. The standard InChI is InChI=1S/C17H25FN4O4S/c1-19-10-13(9-18)12-26-16-4-3-15(11-21-16)27(24,25)22-7-5-14(6-8-22)17(23)20-2/h3-4,9,11,14,19H,5-8,10,12H2,1-2H3,(H,20,23)/b13-9-. The van der Waals surface area contributed by atoms with Gasteiger partial charge in [0, 0.05) is 44.2 Å². The smallest absolute Gasteiger partial charge is 0.244 e. The van der Waals surface area contributed by atoms with Gasteiger partial charge in [0.25, 0.3) is 0 Å². The average Bonchev–Trinajstić information content (AvgIpc) is 2.70. The molecule has 8 nitrogen and oxygen atoms in total. The first-order chi connectivity index (χ1) is 12.9. The first-order valence-corrected chi connectivity index (χ1v) is 10.1. The predicted octanol–water partition coefficient (Wildman–Crippen LogP) is 0.680. The Morgan fingerprint density at radius 1 is 1.37 bits per heavy atom. The molecular weight excluding hydrogens is 375 g/mol. The third-order valence-electron chi connectivity index (χ3n) is 4.38. The second-order valence-corrected chi connectivity index (χ2v) is 8.15. The number of likely N-dealkylation sites (N-methyl/N-ethyl adjacent to an activating group) is 1. The highest BCUT2D eigenvalue weighted by atomic mass is 32.2. The van der Waals surface area contributed by atoms with Crippen molar-refractivity contribution in [2.75, 3.05) is 40.3 Å². The summed E-state index contributed by atoms with van der Waals surface area (Å²) in [5.41, 5.74) is 0.412. The molecule has 0 aromatic carbocycles. The molecule has 1 aromatic rings. The van der Waals surface area contributed by atoms with Crippen LogP contribution in [0.25, 0.3) is 0 Å². The van der Waals surface area contributed by atoms with Crippen molar-refractivity contribution in [3.8, 4) is 5.88 Å². The van der Waals surface area contributed by atoms with E-state index in [1.807, 2.05) is 0 Å². The summed E-state index contributed by atoms with van der Waals surface area (Å²) in [5.74, 6) is -0.0105. The molecule has 150 valence electrons. The summed E-state index contributed by atoms with van der Waals surface area (Å²) < 4.78 is 44.8. The number of pyridine rings is 1. The number of halogens is 1. The van der Waals surface area contributed by atoms with E-state index in [0.717, 1.165) is 0 Å². The van der Waals surface area contributed by atoms with E-state index >= 15 is 0 Å². The fourth-order valence-electron chi connectivity index (χ4n) is 2.83. The molecule has 2 rings (SSSR count). The Labute approximate surface area is 158 Å².